The Balaban J connectivity index is 1.81. The number of aryl methyl sites for hydroxylation is 2. The van der Waals surface area contributed by atoms with Crippen molar-refractivity contribution in [1.29, 1.82) is 0 Å². The van der Waals surface area contributed by atoms with E-state index >= 15 is 0 Å². The molecule has 25 heavy (non-hydrogen) atoms. The molecule has 1 amide bonds. The van der Waals surface area contributed by atoms with Crippen LogP contribution in [0, 0.1) is 13.8 Å². The van der Waals surface area contributed by atoms with E-state index in [1.165, 1.54) is 30.3 Å². The summed E-state index contributed by atoms with van der Waals surface area (Å²) in [5, 5.41) is 9.76. The smallest absolute Gasteiger partial charge is 0.263 e. The fourth-order valence-corrected chi connectivity index (χ4v) is 3.06. The molecule has 3 aromatic rings. The van der Waals surface area contributed by atoms with E-state index in [0.717, 1.165) is 0 Å². The summed E-state index contributed by atoms with van der Waals surface area (Å²) in [7, 11) is -3.91. The molecular weight excluding hydrogens is 348 g/mol. The number of anilines is 2. The highest BCUT2D eigenvalue weighted by Gasteiger charge is 2.18. The van der Waals surface area contributed by atoms with Gasteiger partial charge in [0.2, 0.25) is 0 Å². The molecule has 10 heteroatoms. The van der Waals surface area contributed by atoms with Crippen LogP contribution in [0.5, 0.6) is 0 Å². The average Bonchev–Trinajstić information content (AvgIpc) is 3.15. The van der Waals surface area contributed by atoms with Gasteiger partial charge in [0, 0.05) is 17.7 Å². The van der Waals surface area contributed by atoms with E-state index in [1.54, 1.807) is 19.9 Å². The molecule has 0 aliphatic carbocycles. The maximum Gasteiger partial charge on any atom is 0.263 e. The van der Waals surface area contributed by atoms with Gasteiger partial charge in [0.25, 0.3) is 15.9 Å². The number of carbonyl (C=O) groups is 1. The van der Waals surface area contributed by atoms with Crippen LogP contribution in [0.4, 0.5) is 11.6 Å². The van der Waals surface area contributed by atoms with Crippen LogP contribution in [0.1, 0.15) is 21.9 Å². The van der Waals surface area contributed by atoms with Gasteiger partial charge >= 0.3 is 0 Å². The monoisotopic (exact) mass is 362 g/mol. The first-order chi connectivity index (χ1) is 11.8. The first-order valence-electron chi connectivity index (χ1n) is 7.14. The van der Waals surface area contributed by atoms with Crippen LogP contribution < -0.4 is 10.0 Å². The zero-order valence-electron chi connectivity index (χ0n) is 13.3. The third kappa shape index (κ3) is 3.86. The average molecular weight is 362 g/mol. The number of amides is 1. The molecule has 0 saturated heterocycles. The second-order valence-corrected chi connectivity index (χ2v) is 6.92. The lowest BCUT2D eigenvalue weighted by atomic mass is 10.2. The van der Waals surface area contributed by atoms with Crippen molar-refractivity contribution >= 4 is 27.6 Å². The Hall–Kier alpha value is -3.14. The van der Waals surface area contributed by atoms with Gasteiger partial charge in [-0.15, -0.1) is 0 Å². The molecule has 0 unspecified atom stereocenters. The van der Waals surface area contributed by atoms with Gasteiger partial charge in [-0.3, -0.25) is 9.52 Å². The molecule has 130 valence electrons. The molecule has 9 nitrogen and oxygen atoms in total. The number of aromatic nitrogens is 2. The molecule has 1 aromatic carbocycles. The highest BCUT2D eigenvalue weighted by atomic mass is 32.2. The van der Waals surface area contributed by atoms with Gasteiger partial charge in [0.05, 0.1) is 4.90 Å². The maximum atomic E-state index is 12.4. The Bertz CT molecular complexity index is 1020. The highest BCUT2D eigenvalue weighted by molar-refractivity contribution is 7.92. The van der Waals surface area contributed by atoms with Crippen LogP contribution in [0.15, 0.2) is 50.3 Å². The quantitative estimate of drug-likeness (QED) is 0.713. The third-order valence-corrected chi connectivity index (χ3v) is 4.50. The predicted molar refractivity (Wildman–Crippen MR) is 87.7 cm³/mol. The van der Waals surface area contributed by atoms with Crippen molar-refractivity contribution in [3.05, 3.63) is 53.5 Å². The zero-order chi connectivity index (χ0) is 18.0. The number of rotatable bonds is 5. The normalized spacial score (nSPS) is 11.3. The van der Waals surface area contributed by atoms with Gasteiger partial charge in [0.15, 0.2) is 11.6 Å². The number of nitrogens with zero attached hydrogens (tertiary/aromatic N) is 2. The number of hydrogen-bond donors (Lipinski definition) is 2. The first-order valence-corrected chi connectivity index (χ1v) is 8.63. The fourth-order valence-electron chi connectivity index (χ4n) is 2.03. The summed E-state index contributed by atoms with van der Waals surface area (Å²) in [5.74, 6) is 0.799. The summed E-state index contributed by atoms with van der Waals surface area (Å²) in [6.45, 7) is 3.33. The zero-order valence-corrected chi connectivity index (χ0v) is 14.1. The predicted octanol–water partition coefficient (Wildman–Crippen LogP) is 2.33. The van der Waals surface area contributed by atoms with Gasteiger partial charge in [-0.1, -0.05) is 16.4 Å². The molecule has 0 saturated carbocycles. The van der Waals surface area contributed by atoms with E-state index < -0.39 is 15.9 Å². The second kappa shape index (κ2) is 6.40. The SMILES string of the molecule is Cc1cc(NC(=O)c2cccc(S(=O)(=O)Nc3cc(C)on3)c2)no1. The van der Waals surface area contributed by atoms with Gasteiger partial charge in [-0.05, 0) is 32.0 Å². The van der Waals surface area contributed by atoms with E-state index in [4.69, 9.17) is 9.05 Å². The first kappa shape index (κ1) is 16.7. The van der Waals surface area contributed by atoms with Crippen molar-refractivity contribution in [1.82, 2.24) is 10.3 Å². The molecule has 3 rings (SSSR count). The molecule has 0 aliphatic heterocycles. The minimum Gasteiger partial charge on any atom is -0.360 e. The topological polar surface area (TPSA) is 127 Å². The third-order valence-electron chi connectivity index (χ3n) is 3.14. The van der Waals surface area contributed by atoms with Crippen LogP contribution in [-0.4, -0.2) is 24.6 Å². The molecule has 0 fully saturated rings. The summed E-state index contributed by atoms with van der Waals surface area (Å²) in [6.07, 6.45) is 0. The number of carbonyl (C=O) groups excluding carboxylic acids is 1. The van der Waals surface area contributed by atoms with Crippen molar-refractivity contribution in [2.45, 2.75) is 18.7 Å². The van der Waals surface area contributed by atoms with Crippen LogP contribution in [-0.2, 0) is 10.0 Å². The van der Waals surface area contributed by atoms with E-state index in [-0.39, 0.29) is 22.1 Å². The van der Waals surface area contributed by atoms with Gasteiger partial charge in [0.1, 0.15) is 11.5 Å². The number of hydrogen-bond acceptors (Lipinski definition) is 7. The van der Waals surface area contributed by atoms with E-state index in [9.17, 15) is 13.2 Å². The Kier molecular flexibility index (Phi) is 4.28. The minimum absolute atomic E-state index is 0.0606. The van der Waals surface area contributed by atoms with Crippen molar-refractivity contribution in [2.75, 3.05) is 10.0 Å². The molecule has 0 radical (unpaired) electrons. The molecule has 2 aromatic heterocycles. The fraction of sp³-hybridized carbons (Fsp3) is 0.133. The van der Waals surface area contributed by atoms with Crippen molar-refractivity contribution in [3.63, 3.8) is 0 Å². The lowest BCUT2D eigenvalue weighted by Gasteiger charge is -2.07. The van der Waals surface area contributed by atoms with Gasteiger partial charge in [-0.2, -0.15) is 0 Å². The molecule has 2 N–H and O–H groups in total. The van der Waals surface area contributed by atoms with Crippen molar-refractivity contribution < 1.29 is 22.3 Å². The van der Waals surface area contributed by atoms with Gasteiger partial charge < -0.3 is 14.4 Å². The number of sulfonamides is 1. The van der Waals surface area contributed by atoms with Crippen LogP contribution in [0.2, 0.25) is 0 Å². The summed E-state index contributed by atoms with van der Waals surface area (Å²) < 4.78 is 36.8. The number of benzene rings is 1. The lowest BCUT2D eigenvalue weighted by Crippen LogP contribution is -2.16. The molecule has 2 heterocycles. The maximum absolute atomic E-state index is 12.4. The Morgan fingerprint density at radius 2 is 1.64 bits per heavy atom. The summed E-state index contributed by atoms with van der Waals surface area (Å²) in [6, 6.07) is 8.56. The van der Waals surface area contributed by atoms with Crippen molar-refractivity contribution in [3.8, 4) is 0 Å². The van der Waals surface area contributed by atoms with E-state index in [0.29, 0.717) is 11.5 Å². The lowest BCUT2D eigenvalue weighted by molar-refractivity contribution is 0.102. The standard InChI is InChI=1S/C15H14N4O5S/c1-9-6-13(17-23-9)16-15(20)11-4-3-5-12(8-11)25(21,22)19-14-7-10(2)24-18-14/h3-8H,1-2H3,(H,18,19)(H,16,17,20). The van der Waals surface area contributed by atoms with E-state index in [2.05, 4.69) is 20.4 Å². The molecule has 0 spiro atoms. The largest absolute Gasteiger partial charge is 0.360 e. The molecule has 0 aliphatic rings. The minimum atomic E-state index is -3.91. The summed E-state index contributed by atoms with van der Waals surface area (Å²) in [4.78, 5) is 12.1. The Morgan fingerprint density at radius 3 is 2.24 bits per heavy atom. The van der Waals surface area contributed by atoms with E-state index in [1.807, 2.05) is 0 Å². The van der Waals surface area contributed by atoms with Crippen LogP contribution >= 0.6 is 0 Å². The number of nitrogens with one attached hydrogen (secondary N) is 2. The molecule has 0 atom stereocenters. The second-order valence-electron chi connectivity index (χ2n) is 5.23. The van der Waals surface area contributed by atoms with Crippen LogP contribution in [0.3, 0.4) is 0 Å². The highest BCUT2D eigenvalue weighted by Crippen LogP contribution is 2.18. The summed E-state index contributed by atoms with van der Waals surface area (Å²) >= 11 is 0. The Labute approximate surface area is 143 Å². The summed E-state index contributed by atoms with van der Waals surface area (Å²) in [5.41, 5.74) is 0.153. The Morgan fingerprint density at radius 1 is 1.00 bits per heavy atom. The molecule has 0 bridgehead atoms. The molecular formula is C15H14N4O5S. The van der Waals surface area contributed by atoms with Gasteiger partial charge in [-0.25, -0.2) is 8.42 Å². The van der Waals surface area contributed by atoms with Crippen LogP contribution in [0.25, 0.3) is 0 Å². The van der Waals surface area contributed by atoms with Crippen molar-refractivity contribution in [2.24, 2.45) is 0 Å².